The number of hydrogen-bond acceptors (Lipinski definition) is 6. The third kappa shape index (κ3) is 6.65. The Morgan fingerprint density at radius 2 is 1.81 bits per heavy atom. The van der Waals surface area contributed by atoms with Crippen molar-refractivity contribution >= 4 is 5.96 Å². The van der Waals surface area contributed by atoms with Crippen LogP contribution in [0.5, 0.6) is 17.2 Å². The Kier molecular flexibility index (Phi) is 9.74. The first-order valence-electron chi connectivity index (χ1n) is 11.7. The highest BCUT2D eigenvalue weighted by Crippen LogP contribution is 2.34. The van der Waals surface area contributed by atoms with Crippen molar-refractivity contribution in [3.05, 3.63) is 17.7 Å². The maximum Gasteiger partial charge on any atom is 0.193 e. The number of likely N-dealkylation sites (tertiary alicyclic amines) is 1. The van der Waals surface area contributed by atoms with E-state index in [1.165, 1.54) is 0 Å². The molecule has 0 aromatic heterocycles. The second kappa shape index (κ2) is 12.7. The fourth-order valence-corrected chi connectivity index (χ4v) is 4.28. The molecule has 0 saturated carbocycles. The molecule has 2 saturated heterocycles. The number of guanidine groups is 1. The average molecular weight is 450 g/mol. The molecule has 2 heterocycles. The van der Waals surface area contributed by atoms with Crippen molar-refractivity contribution in [2.24, 2.45) is 4.99 Å². The van der Waals surface area contributed by atoms with Crippen molar-refractivity contribution in [1.82, 2.24) is 10.2 Å². The normalized spacial score (nSPS) is 19.8. The lowest BCUT2D eigenvalue weighted by Crippen LogP contribution is -2.47. The Balaban J connectivity index is 1.55. The highest BCUT2D eigenvalue weighted by atomic mass is 16.5. The van der Waals surface area contributed by atoms with Gasteiger partial charge in [0.15, 0.2) is 5.96 Å². The van der Waals surface area contributed by atoms with Gasteiger partial charge in [0.05, 0.1) is 40.1 Å². The van der Waals surface area contributed by atoms with Gasteiger partial charge in [-0.3, -0.25) is 4.99 Å². The zero-order valence-corrected chi connectivity index (χ0v) is 20.0. The Labute approximate surface area is 192 Å². The lowest BCUT2D eigenvalue weighted by Gasteiger charge is -2.34. The number of ether oxygens (including phenoxy) is 5. The first-order valence-corrected chi connectivity index (χ1v) is 11.7. The van der Waals surface area contributed by atoms with E-state index in [4.69, 9.17) is 28.7 Å². The molecule has 2 aliphatic heterocycles. The van der Waals surface area contributed by atoms with Crippen molar-refractivity contribution in [3.8, 4) is 17.2 Å². The lowest BCUT2D eigenvalue weighted by atomic mass is 10.1. The minimum absolute atomic E-state index is 0.291. The third-order valence-corrected chi connectivity index (χ3v) is 6.06. The number of nitrogens with one attached hydrogen (secondary N) is 1. The van der Waals surface area contributed by atoms with Crippen LogP contribution in [0.1, 0.15) is 38.2 Å². The van der Waals surface area contributed by atoms with E-state index in [-0.39, 0.29) is 0 Å². The van der Waals surface area contributed by atoms with Crippen LogP contribution in [0, 0.1) is 0 Å². The summed E-state index contributed by atoms with van der Waals surface area (Å²) >= 11 is 0. The van der Waals surface area contributed by atoms with Crippen LogP contribution in [-0.4, -0.2) is 83.8 Å². The molecule has 0 radical (unpaired) electrons. The highest BCUT2D eigenvalue weighted by Gasteiger charge is 2.24. The SMILES string of the molecule is CCNC(=NCCc1c(OC)cc(OC)cc1OC)N1CCC(OCC2CCCO2)CC1. The van der Waals surface area contributed by atoms with Gasteiger partial charge in [0.1, 0.15) is 17.2 Å². The molecule has 1 N–H and O–H groups in total. The molecule has 32 heavy (non-hydrogen) atoms. The molecule has 8 nitrogen and oxygen atoms in total. The molecule has 0 amide bonds. The first kappa shape index (κ1) is 24.5. The van der Waals surface area contributed by atoms with Crippen LogP contribution in [0.3, 0.4) is 0 Å². The minimum Gasteiger partial charge on any atom is -0.496 e. The van der Waals surface area contributed by atoms with Crippen LogP contribution < -0.4 is 19.5 Å². The molecule has 1 aromatic carbocycles. The van der Waals surface area contributed by atoms with Crippen LogP contribution in [-0.2, 0) is 15.9 Å². The predicted molar refractivity (Wildman–Crippen MR) is 125 cm³/mol. The molecule has 1 unspecified atom stereocenters. The quantitative estimate of drug-likeness (QED) is 0.435. The summed E-state index contributed by atoms with van der Waals surface area (Å²) in [5.41, 5.74) is 0.997. The Hall–Kier alpha value is -2.19. The largest absolute Gasteiger partial charge is 0.496 e. The molecule has 8 heteroatoms. The van der Waals surface area contributed by atoms with Gasteiger partial charge in [-0.2, -0.15) is 0 Å². The maximum absolute atomic E-state index is 6.11. The Bertz CT molecular complexity index is 703. The van der Waals surface area contributed by atoms with Crippen molar-refractivity contribution < 1.29 is 23.7 Å². The van der Waals surface area contributed by atoms with E-state index < -0.39 is 0 Å². The summed E-state index contributed by atoms with van der Waals surface area (Å²) in [6.45, 7) is 7.06. The van der Waals surface area contributed by atoms with Crippen molar-refractivity contribution in [1.29, 1.82) is 0 Å². The Morgan fingerprint density at radius 1 is 1.09 bits per heavy atom. The summed E-state index contributed by atoms with van der Waals surface area (Å²) in [4.78, 5) is 7.22. The van der Waals surface area contributed by atoms with Crippen LogP contribution in [0.25, 0.3) is 0 Å². The van der Waals surface area contributed by atoms with Gasteiger partial charge < -0.3 is 33.9 Å². The second-order valence-corrected chi connectivity index (χ2v) is 8.15. The van der Waals surface area contributed by atoms with Gasteiger partial charge in [-0.1, -0.05) is 0 Å². The number of hydrogen-bond donors (Lipinski definition) is 1. The predicted octanol–water partition coefficient (Wildman–Crippen LogP) is 2.88. The molecule has 1 aromatic rings. The standard InChI is InChI=1S/C24H39N3O5/c1-5-25-24(27-12-9-18(10-13-27)32-17-19-7-6-14-31-19)26-11-8-21-22(29-3)15-20(28-2)16-23(21)30-4/h15-16,18-19H,5-14,17H2,1-4H3,(H,25,26). The summed E-state index contributed by atoms with van der Waals surface area (Å²) in [6, 6.07) is 3.77. The van der Waals surface area contributed by atoms with E-state index in [2.05, 4.69) is 17.1 Å². The number of methoxy groups -OCH3 is 3. The molecule has 180 valence electrons. The molecule has 0 aliphatic carbocycles. The van der Waals surface area contributed by atoms with E-state index in [0.717, 1.165) is 81.6 Å². The lowest BCUT2D eigenvalue weighted by molar-refractivity contribution is -0.0367. The third-order valence-electron chi connectivity index (χ3n) is 6.06. The van der Waals surface area contributed by atoms with Gasteiger partial charge in [0.25, 0.3) is 0 Å². The molecular formula is C24H39N3O5. The zero-order chi connectivity index (χ0) is 22.8. The van der Waals surface area contributed by atoms with Gasteiger partial charge in [-0.05, 0) is 39.0 Å². The summed E-state index contributed by atoms with van der Waals surface area (Å²) in [7, 11) is 4.96. The fraction of sp³-hybridized carbons (Fsp3) is 0.708. The van der Waals surface area contributed by atoms with Gasteiger partial charge in [-0.15, -0.1) is 0 Å². The summed E-state index contributed by atoms with van der Waals surface area (Å²) in [5, 5.41) is 3.44. The zero-order valence-electron chi connectivity index (χ0n) is 20.0. The number of nitrogens with zero attached hydrogens (tertiary/aromatic N) is 2. The first-order chi connectivity index (χ1) is 15.7. The van der Waals surface area contributed by atoms with Crippen LogP contribution in [0.15, 0.2) is 17.1 Å². The maximum atomic E-state index is 6.11. The van der Waals surface area contributed by atoms with Crippen molar-refractivity contribution in [3.63, 3.8) is 0 Å². The van der Waals surface area contributed by atoms with E-state index in [1.54, 1.807) is 21.3 Å². The number of aliphatic imine (C=N–C) groups is 1. The van der Waals surface area contributed by atoms with Crippen LogP contribution in [0.2, 0.25) is 0 Å². The van der Waals surface area contributed by atoms with Crippen LogP contribution >= 0.6 is 0 Å². The van der Waals surface area contributed by atoms with E-state index in [9.17, 15) is 0 Å². The highest BCUT2D eigenvalue weighted by molar-refractivity contribution is 5.80. The van der Waals surface area contributed by atoms with Crippen molar-refractivity contribution in [2.75, 3.05) is 60.7 Å². The second-order valence-electron chi connectivity index (χ2n) is 8.15. The Morgan fingerprint density at radius 3 is 2.38 bits per heavy atom. The molecule has 0 spiro atoms. The summed E-state index contributed by atoms with van der Waals surface area (Å²) in [5.74, 6) is 3.18. The van der Waals surface area contributed by atoms with Gasteiger partial charge in [0, 0.05) is 50.5 Å². The fourth-order valence-electron chi connectivity index (χ4n) is 4.28. The minimum atomic E-state index is 0.291. The van der Waals surface area contributed by atoms with Gasteiger partial charge >= 0.3 is 0 Å². The van der Waals surface area contributed by atoms with Gasteiger partial charge in [-0.25, -0.2) is 0 Å². The molecule has 1 atom stereocenters. The van der Waals surface area contributed by atoms with Crippen molar-refractivity contribution in [2.45, 2.75) is 51.2 Å². The van der Waals surface area contributed by atoms with E-state index in [1.807, 2.05) is 12.1 Å². The molecule has 2 fully saturated rings. The van der Waals surface area contributed by atoms with E-state index >= 15 is 0 Å². The monoisotopic (exact) mass is 449 g/mol. The number of rotatable bonds is 10. The topological polar surface area (TPSA) is 73.8 Å². The summed E-state index contributed by atoms with van der Waals surface area (Å²) < 4.78 is 28.3. The molecule has 3 rings (SSSR count). The molecule has 0 bridgehead atoms. The number of benzene rings is 1. The molecule has 2 aliphatic rings. The van der Waals surface area contributed by atoms with E-state index in [0.29, 0.717) is 30.9 Å². The van der Waals surface area contributed by atoms with Crippen LogP contribution in [0.4, 0.5) is 0 Å². The molecular weight excluding hydrogens is 410 g/mol. The summed E-state index contributed by atoms with van der Waals surface area (Å²) in [6.07, 6.45) is 5.62. The smallest absolute Gasteiger partial charge is 0.193 e. The number of piperidine rings is 1. The average Bonchev–Trinajstić information content (AvgIpc) is 3.36. The van der Waals surface area contributed by atoms with Gasteiger partial charge in [0.2, 0.25) is 0 Å².